The molecule has 230 valence electrons. The van der Waals surface area contributed by atoms with E-state index in [2.05, 4.69) is 38.6 Å². The molecule has 0 radical (unpaired) electrons. The van der Waals surface area contributed by atoms with Crippen molar-refractivity contribution in [1.29, 1.82) is 0 Å². The van der Waals surface area contributed by atoms with Crippen molar-refractivity contribution >= 4 is 33.3 Å². The van der Waals surface area contributed by atoms with E-state index < -0.39 is 0 Å². The number of hydrogen-bond donors (Lipinski definition) is 2. The summed E-state index contributed by atoms with van der Waals surface area (Å²) in [6.07, 6.45) is 3.77. The number of fused-ring (bicyclic) bond motifs is 3. The van der Waals surface area contributed by atoms with Crippen LogP contribution in [-0.4, -0.2) is 99.1 Å². The fourth-order valence-corrected chi connectivity index (χ4v) is 6.33. The smallest absolute Gasteiger partial charge is 0.256 e. The molecule has 1 aromatic heterocycles. The molecule has 3 aliphatic heterocycles. The number of aromatic nitrogens is 1. The molecular formula is C34H39N5O5. The predicted octanol–water partition coefficient (Wildman–Crippen LogP) is 3.84. The first kappa shape index (κ1) is 28.8. The summed E-state index contributed by atoms with van der Waals surface area (Å²) in [5.41, 5.74) is 2.12. The molecule has 0 saturated carbocycles. The Balaban J connectivity index is 1.18. The van der Waals surface area contributed by atoms with E-state index in [1.54, 1.807) is 6.20 Å². The van der Waals surface area contributed by atoms with Gasteiger partial charge in [0.15, 0.2) is 11.5 Å². The van der Waals surface area contributed by atoms with Gasteiger partial charge in [0.25, 0.3) is 5.91 Å². The Hall–Kier alpha value is -3.96. The lowest BCUT2D eigenvalue weighted by Crippen LogP contribution is -2.42. The Labute approximate surface area is 256 Å². The van der Waals surface area contributed by atoms with Crippen molar-refractivity contribution < 1.29 is 19.0 Å². The second-order valence-electron chi connectivity index (χ2n) is 11.6. The molecule has 0 atom stereocenters. The molecule has 2 fully saturated rings. The minimum absolute atomic E-state index is 0.121. The van der Waals surface area contributed by atoms with Gasteiger partial charge >= 0.3 is 0 Å². The van der Waals surface area contributed by atoms with Crippen molar-refractivity contribution in [2.75, 3.05) is 84.1 Å². The molecule has 2 N–H and O–H groups in total. The highest BCUT2D eigenvalue weighted by Crippen LogP contribution is 2.45. The van der Waals surface area contributed by atoms with E-state index in [1.807, 2.05) is 34.9 Å². The van der Waals surface area contributed by atoms with Gasteiger partial charge in [-0.25, -0.2) is 0 Å². The summed E-state index contributed by atoms with van der Waals surface area (Å²) in [6, 6.07) is 15.9. The van der Waals surface area contributed by atoms with E-state index >= 15 is 0 Å². The van der Waals surface area contributed by atoms with Gasteiger partial charge in [-0.3, -0.25) is 19.4 Å². The van der Waals surface area contributed by atoms with Crippen LogP contribution in [0.5, 0.6) is 11.5 Å². The van der Waals surface area contributed by atoms with Gasteiger partial charge in [0.05, 0.1) is 43.2 Å². The Morgan fingerprint density at radius 2 is 1.52 bits per heavy atom. The van der Waals surface area contributed by atoms with Crippen LogP contribution in [0.1, 0.15) is 23.2 Å². The zero-order chi connectivity index (χ0) is 29.9. The highest BCUT2D eigenvalue weighted by molar-refractivity contribution is 6.01. The maximum absolute atomic E-state index is 13.8. The third kappa shape index (κ3) is 5.90. The number of hydrogen-bond acceptors (Lipinski definition) is 8. The predicted molar refractivity (Wildman–Crippen MR) is 172 cm³/mol. The van der Waals surface area contributed by atoms with Gasteiger partial charge in [0, 0.05) is 52.0 Å². The zero-order valence-corrected chi connectivity index (χ0v) is 25.0. The molecule has 0 aliphatic carbocycles. The lowest BCUT2D eigenvalue weighted by atomic mass is 10.0. The summed E-state index contributed by atoms with van der Waals surface area (Å²) in [5, 5.41) is 9.10. The summed E-state index contributed by atoms with van der Waals surface area (Å²) in [6.45, 7) is 9.72. The van der Waals surface area contributed by atoms with E-state index in [0.717, 1.165) is 87.5 Å². The lowest BCUT2D eigenvalue weighted by Gasteiger charge is -2.27. The van der Waals surface area contributed by atoms with Gasteiger partial charge in [-0.1, -0.05) is 24.3 Å². The largest absolute Gasteiger partial charge is 0.451 e. The molecule has 4 heterocycles. The first-order chi connectivity index (χ1) is 21.7. The average Bonchev–Trinajstić information content (AvgIpc) is 3.06. The number of nitrogens with zero attached hydrogens (tertiary/aromatic N) is 3. The number of rotatable bonds is 10. The number of ether oxygens (including phenoxy) is 3. The van der Waals surface area contributed by atoms with Gasteiger partial charge in [0.2, 0.25) is 5.43 Å². The fraction of sp³-hybridized carbons (Fsp3) is 0.412. The van der Waals surface area contributed by atoms with Gasteiger partial charge in [0.1, 0.15) is 11.1 Å². The number of carbonyl (C=O) groups excluding carboxylic acids is 1. The average molecular weight is 598 g/mol. The van der Waals surface area contributed by atoms with Crippen molar-refractivity contribution in [3.8, 4) is 17.2 Å². The van der Waals surface area contributed by atoms with Gasteiger partial charge in [-0.2, -0.15) is 0 Å². The first-order valence-corrected chi connectivity index (χ1v) is 15.7. The van der Waals surface area contributed by atoms with E-state index in [9.17, 15) is 9.59 Å². The molecule has 7 rings (SSSR count). The lowest BCUT2D eigenvalue weighted by molar-refractivity contribution is 0.0373. The van der Waals surface area contributed by atoms with Crippen molar-refractivity contribution in [3.63, 3.8) is 0 Å². The molecule has 0 spiro atoms. The van der Waals surface area contributed by atoms with Crippen molar-refractivity contribution in [2.24, 2.45) is 0 Å². The third-order valence-electron chi connectivity index (χ3n) is 8.80. The summed E-state index contributed by atoms with van der Waals surface area (Å²) in [4.78, 5) is 31.9. The molecule has 0 bridgehead atoms. The number of unbranched alkanes of at least 4 members (excludes halogenated alkanes) is 1. The first-order valence-electron chi connectivity index (χ1n) is 15.7. The summed E-state index contributed by atoms with van der Waals surface area (Å²) in [7, 11) is 0. The van der Waals surface area contributed by atoms with E-state index in [1.165, 1.54) is 0 Å². The quantitative estimate of drug-likeness (QED) is 0.235. The van der Waals surface area contributed by atoms with E-state index in [0.29, 0.717) is 48.7 Å². The minimum Gasteiger partial charge on any atom is -0.451 e. The van der Waals surface area contributed by atoms with Crippen molar-refractivity contribution in [2.45, 2.75) is 12.8 Å². The van der Waals surface area contributed by atoms with Crippen LogP contribution in [0.15, 0.2) is 59.5 Å². The standard InChI is InChI=1S/C34H39N5O5/c40-32-26-7-8-28(35-9-3-4-11-37-13-17-42-18-14-37)33-31(26)39(29-21-24-5-1-2-6-25(24)22-30(29)44-33)23-27(32)34(41)36-10-12-38-15-19-43-20-16-38/h1-2,5-8,21-23,35H,3-4,9-20H2,(H,36,41). The van der Waals surface area contributed by atoms with Crippen molar-refractivity contribution in [3.05, 3.63) is 70.5 Å². The molecule has 3 aromatic carbocycles. The summed E-state index contributed by atoms with van der Waals surface area (Å²) >= 11 is 0. The fourth-order valence-electron chi connectivity index (χ4n) is 6.33. The van der Waals surface area contributed by atoms with E-state index in [-0.39, 0.29) is 16.9 Å². The number of morpholine rings is 2. The van der Waals surface area contributed by atoms with Crippen LogP contribution in [0.4, 0.5) is 5.69 Å². The topological polar surface area (TPSA) is 97.3 Å². The third-order valence-corrected chi connectivity index (χ3v) is 8.80. The second kappa shape index (κ2) is 13.0. The molecule has 10 nitrogen and oxygen atoms in total. The van der Waals surface area contributed by atoms with Crippen LogP contribution in [0.2, 0.25) is 0 Å². The highest BCUT2D eigenvalue weighted by atomic mass is 16.5. The Kier molecular flexibility index (Phi) is 8.48. The van der Waals surface area contributed by atoms with Crippen LogP contribution >= 0.6 is 0 Å². The maximum Gasteiger partial charge on any atom is 0.256 e. The Bertz CT molecular complexity index is 1730. The second-order valence-corrected chi connectivity index (χ2v) is 11.6. The monoisotopic (exact) mass is 597 g/mol. The molecule has 4 aromatic rings. The van der Waals surface area contributed by atoms with Crippen LogP contribution in [0.25, 0.3) is 27.4 Å². The van der Waals surface area contributed by atoms with Gasteiger partial charge in [-0.15, -0.1) is 0 Å². The van der Waals surface area contributed by atoms with Gasteiger partial charge < -0.3 is 29.4 Å². The normalized spacial score (nSPS) is 16.9. The molecule has 1 amide bonds. The number of pyridine rings is 1. The van der Waals surface area contributed by atoms with Crippen LogP contribution in [0, 0.1) is 0 Å². The number of amides is 1. The van der Waals surface area contributed by atoms with E-state index in [4.69, 9.17) is 14.2 Å². The molecule has 3 aliphatic rings. The Morgan fingerprint density at radius 3 is 2.27 bits per heavy atom. The molecule has 2 saturated heterocycles. The van der Waals surface area contributed by atoms with Crippen LogP contribution < -0.4 is 20.8 Å². The molecule has 10 heteroatoms. The number of carbonyl (C=O) groups is 1. The summed E-state index contributed by atoms with van der Waals surface area (Å²) < 4.78 is 19.4. The number of nitrogens with one attached hydrogen (secondary N) is 2. The van der Waals surface area contributed by atoms with Gasteiger partial charge in [-0.05, 0) is 54.4 Å². The number of anilines is 1. The molecular weight excluding hydrogens is 558 g/mol. The van der Waals surface area contributed by atoms with Crippen molar-refractivity contribution in [1.82, 2.24) is 19.7 Å². The highest BCUT2D eigenvalue weighted by Gasteiger charge is 2.27. The summed E-state index contributed by atoms with van der Waals surface area (Å²) in [5.74, 6) is 0.919. The SMILES string of the molecule is O=C(NCCN1CCOCC1)c1cn2c3c(c(NCCCCN4CCOCC4)ccc3c1=O)Oc1cc3ccccc3cc1-2. The van der Waals surface area contributed by atoms with Crippen LogP contribution in [-0.2, 0) is 9.47 Å². The molecule has 44 heavy (non-hydrogen) atoms. The maximum atomic E-state index is 13.8. The zero-order valence-electron chi connectivity index (χ0n) is 25.0. The van der Waals surface area contributed by atoms with Crippen LogP contribution in [0.3, 0.4) is 0 Å². The molecule has 0 unspecified atom stereocenters. The number of benzene rings is 3. The minimum atomic E-state index is -0.369. The Morgan fingerprint density at radius 1 is 0.818 bits per heavy atom.